The summed E-state index contributed by atoms with van der Waals surface area (Å²) >= 11 is 0. The Bertz CT molecular complexity index is 1050. The van der Waals surface area contributed by atoms with E-state index in [1.165, 1.54) is 0 Å². The van der Waals surface area contributed by atoms with Gasteiger partial charge in [0.15, 0.2) is 0 Å². The highest BCUT2D eigenvalue weighted by Gasteiger charge is 2.16. The van der Waals surface area contributed by atoms with Gasteiger partial charge in [-0.3, -0.25) is 4.79 Å². The van der Waals surface area contributed by atoms with Crippen molar-refractivity contribution < 1.29 is 9.53 Å². The number of benzene rings is 1. The summed E-state index contributed by atoms with van der Waals surface area (Å²) in [6.45, 7) is 2.10. The number of aryl methyl sites for hydroxylation is 1. The van der Waals surface area contributed by atoms with Gasteiger partial charge in [-0.1, -0.05) is 0 Å². The zero-order valence-electron chi connectivity index (χ0n) is 17.7. The van der Waals surface area contributed by atoms with E-state index in [0.29, 0.717) is 19.5 Å². The highest BCUT2D eigenvalue weighted by Crippen LogP contribution is 2.30. The summed E-state index contributed by atoms with van der Waals surface area (Å²) in [7, 11) is 5.58. The Balaban J connectivity index is 1.74. The Morgan fingerprint density at radius 2 is 1.97 bits per heavy atom. The van der Waals surface area contributed by atoms with Gasteiger partial charge in [0.2, 0.25) is 5.91 Å². The van der Waals surface area contributed by atoms with Crippen molar-refractivity contribution in [3.05, 3.63) is 41.9 Å². The Kier molecular flexibility index (Phi) is 5.85. The van der Waals surface area contributed by atoms with E-state index in [1.54, 1.807) is 13.4 Å². The van der Waals surface area contributed by atoms with Crippen molar-refractivity contribution in [2.24, 2.45) is 0 Å². The molecule has 1 aliphatic rings. The fourth-order valence-electron chi connectivity index (χ4n) is 3.91. The molecule has 2 N–H and O–H groups in total. The third kappa shape index (κ3) is 4.23. The number of nitrogens with one attached hydrogen (secondary N) is 2. The molecule has 4 rings (SSSR count). The molecule has 0 radical (unpaired) electrons. The van der Waals surface area contributed by atoms with Crippen LogP contribution >= 0.6 is 0 Å². The summed E-state index contributed by atoms with van der Waals surface area (Å²) in [5, 5.41) is 4.46. The number of hydrogen-bond acceptors (Lipinski definition) is 6. The van der Waals surface area contributed by atoms with Gasteiger partial charge in [0.1, 0.15) is 23.5 Å². The number of nitrogens with zero attached hydrogens (tertiary/aromatic N) is 4. The SMILES string of the molecule is COc1ccc2cc1CN(C)CCC(=O)N(C)CCCc1c[nH]c3ncnc(c13)N2. The minimum absolute atomic E-state index is 0.166. The van der Waals surface area contributed by atoms with Gasteiger partial charge in [0.05, 0.1) is 12.5 Å². The Hall–Kier alpha value is -3.13. The van der Waals surface area contributed by atoms with Crippen molar-refractivity contribution in [2.75, 3.05) is 39.6 Å². The Morgan fingerprint density at radius 3 is 2.80 bits per heavy atom. The molecule has 0 spiro atoms. The quantitative estimate of drug-likeness (QED) is 0.644. The number of carbonyl (C=O) groups excluding carboxylic acids is 1. The maximum Gasteiger partial charge on any atom is 0.223 e. The van der Waals surface area contributed by atoms with Gasteiger partial charge in [-0.05, 0) is 43.7 Å². The maximum atomic E-state index is 12.5. The molecule has 0 saturated carbocycles. The van der Waals surface area contributed by atoms with Crippen molar-refractivity contribution in [1.29, 1.82) is 0 Å². The first kappa shape index (κ1) is 20.2. The number of carbonyl (C=O) groups is 1. The highest BCUT2D eigenvalue weighted by atomic mass is 16.5. The fraction of sp³-hybridized carbons (Fsp3) is 0.409. The van der Waals surface area contributed by atoms with Gasteiger partial charge in [0, 0.05) is 50.6 Å². The molecule has 0 saturated heterocycles. The monoisotopic (exact) mass is 408 g/mol. The molecule has 158 valence electrons. The van der Waals surface area contributed by atoms with E-state index in [0.717, 1.165) is 58.8 Å². The molecule has 1 amide bonds. The lowest BCUT2D eigenvalue weighted by molar-refractivity contribution is -0.130. The van der Waals surface area contributed by atoms with E-state index in [9.17, 15) is 4.79 Å². The number of anilines is 2. The zero-order valence-corrected chi connectivity index (χ0v) is 17.7. The predicted molar refractivity (Wildman–Crippen MR) is 117 cm³/mol. The molecule has 3 heterocycles. The summed E-state index contributed by atoms with van der Waals surface area (Å²) in [6.07, 6.45) is 5.77. The molecular formula is C22H28N6O2. The molecule has 2 aromatic heterocycles. The van der Waals surface area contributed by atoms with Crippen molar-refractivity contribution in [2.45, 2.75) is 25.8 Å². The predicted octanol–water partition coefficient (Wildman–Crippen LogP) is 2.94. The Morgan fingerprint density at radius 1 is 1.10 bits per heavy atom. The van der Waals surface area contributed by atoms with Crippen molar-refractivity contribution in [3.63, 3.8) is 0 Å². The summed E-state index contributed by atoms with van der Waals surface area (Å²) in [5.74, 6) is 1.77. The molecular weight excluding hydrogens is 380 g/mol. The van der Waals surface area contributed by atoms with Crippen LogP contribution in [0.1, 0.15) is 24.0 Å². The van der Waals surface area contributed by atoms with E-state index < -0.39 is 0 Å². The first-order valence-corrected chi connectivity index (χ1v) is 10.2. The molecule has 8 nitrogen and oxygen atoms in total. The van der Waals surface area contributed by atoms with Gasteiger partial charge in [0.25, 0.3) is 0 Å². The largest absolute Gasteiger partial charge is 0.496 e. The minimum atomic E-state index is 0.166. The summed E-state index contributed by atoms with van der Waals surface area (Å²) in [6, 6.07) is 6.03. The number of aromatic nitrogens is 3. The van der Waals surface area contributed by atoms with Crippen LogP contribution in [0.15, 0.2) is 30.7 Å². The molecule has 1 aliphatic heterocycles. The molecule has 3 aromatic rings. The summed E-state index contributed by atoms with van der Waals surface area (Å²) < 4.78 is 5.56. The van der Waals surface area contributed by atoms with Crippen molar-refractivity contribution >= 4 is 28.4 Å². The zero-order chi connectivity index (χ0) is 21.1. The van der Waals surface area contributed by atoms with Crippen LogP contribution in [-0.4, -0.2) is 65.0 Å². The fourth-order valence-corrected chi connectivity index (χ4v) is 3.91. The molecule has 8 heteroatoms. The number of fused-ring (bicyclic) bond motifs is 2. The second-order valence-corrected chi connectivity index (χ2v) is 7.82. The Labute approximate surface area is 176 Å². The second-order valence-electron chi connectivity index (χ2n) is 7.82. The van der Waals surface area contributed by atoms with E-state index >= 15 is 0 Å². The van der Waals surface area contributed by atoms with Crippen LogP contribution in [0.4, 0.5) is 11.5 Å². The van der Waals surface area contributed by atoms with Crippen LogP contribution in [-0.2, 0) is 17.8 Å². The van der Waals surface area contributed by atoms with Crippen LogP contribution in [0, 0.1) is 0 Å². The number of methoxy groups -OCH3 is 1. The number of aromatic amines is 1. The lowest BCUT2D eigenvalue weighted by atomic mass is 10.1. The van der Waals surface area contributed by atoms with Gasteiger partial charge < -0.3 is 24.8 Å². The molecule has 0 aliphatic carbocycles. The first-order valence-electron chi connectivity index (χ1n) is 10.2. The van der Waals surface area contributed by atoms with Crippen molar-refractivity contribution in [3.8, 4) is 5.75 Å². The van der Waals surface area contributed by atoms with Gasteiger partial charge in [-0.25, -0.2) is 9.97 Å². The standard InChI is InChI=1S/C22H28N6O2/c1-27-10-8-19(29)28(2)9-4-5-15-12-23-21-20(15)22(25-14-24-21)26-17-6-7-18(30-3)16(11-17)13-27/h6-7,11-12,14H,4-5,8-10,13H2,1-3H3,(H2,23,24,25,26). The van der Waals surface area contributed by atoms with Gasteiger partial charge in [-0.2, -0.15) is 0 Å². The molecule has 0 atom stereocenters. The number of rotatable bonds is 1. The topological polar surface area (TPSA) is 86.4 Å². The lowest BCUT2D eigenvalue weighted by Gasteiger charge is -2.22. The summed E-state index contributed by atoms with van der Waals surface area (Å²) in [4.78, 5) is 28.6. The van der Waals surface area contributed by atoms with Crippen LogP contribution in [0.25, 0.3) is 11.0 Å². The molecule has 30 heavy (non-hydrogen) atoms. The normalized spacial score (nSPS) is 16.5. The number of ether oxygens (including phenoxy) is 1. The van der Waals surface area contributed by atoms with Crippen LogP contribution in [0.2, 0.25) is 0 Å². The lowest BCUT2D eigenvalue weighted by Crippen LogP contribution is -2.31. The third-order valence-electron chi connectivity index (χ3n) is 5.61. The first-order chi connectivity index (χ1) is 14.5. The van der Waals surface area contributed by atoms with E-state index in [4.69, 9.17) is 4.74 Å². The van der Waals surface area contributed by atoms with E-state index in [2.05, 4.69) is 31.2 Å². The third-order valence-corrected chi connectivity index (χ3v) is 5.61. The average molecular weight is 409 g/mol. The smallest absolute Gasteiger partial charge is 0.223 e. The minimum Gasteiger partial charge on any atom is -0.496 e. The average Bonchev–Trinajstić information content (AvgIpc) is 3.15. The van der Waals surface area contributed by atoms with E-state index in [-0.39, 0.29) is 5.91 Å². The van der Waals surface area contributed by atoms with Gasteiger partial charge >= 0.3 is 0 Å². The van der Waals surface area contributed by atoms with Gasteiger partial charge in [-0.15, -0.1) is 0 Å². The van der Waals surface area contributed by atoms with Crippen LogP contribution < -0.4 is 10.1 Å². The van der Waals surface area contributed by atoms with Crippen molar-refractivity contribution in [1.82, 2.24) is 24.8 Å². The summed E-state index contributed by atoms with van der Waals surface area (Å²) in [5.41, 5.74) is 3.95. The molecule has 0 unspecified atom stereocenters. The van der Waals surface area contributed by atoms with E-state index in [1.807, 2.05) is 37.3 Å². The van der Waals surface area contributed by atoms with Crippen LogP contribution in [0.3, 0.4) is 0 Å². The molecule has 1 aromatic carbocycles. The highest BCUT2D eigenvalue weighted by molar-refractivity contribution is 5.92. The number of hydrogen-bond donors (Lipinski definition) is 2. The molecule has 0 fully saturated rings. The maximum absolute atomic E-state index is 12.5. The van der Waals surface area contributed by atoms with Crippen LogP contribution in [0.5, 0.6) is 5.75 Å². The molecule has 2 bridgehead atoms. The number of H-pyrrole nitrogens is 1. The number of amides is 1. The second kappa shape index (κ2) is 8.71.